The fourth-order valence-corrected chi connectivity index (χ4v) is 0.905. The lowest BCUT2D eigenvalue weighted by Gasteiger charge is -1.98. The molecule has 3 heteroatoms. The van der Waals surface area contributed by atoms with Crippen LogP contribution in [0.1, 0.15) is 12.8 Å². The second kappa shape index (κ2) is 5.38. The first-order chi connectivity index (χ1) is 5.07. The van der Waals surface area contributed by atoms with Crippen LogP contribution < -0.4 is 0 Å². The third-order valence-corrected chi connectivity index (χ3v) is 1.82. The monoisotopic (exact) mass is 173 g/mol. The first-order valence-corrected chi connectivity index (χ1v) is 4.73. The summed E-state index contributed by atoms with van der Waals surface area (Å²) in [5.41, 5.74) is 0. The molecule has 0 saturated heterocycles. The second-order valence-corrected chi connectivity index (χ2v) is 3.69. The Morgan fingerprint density at radius 1 is 1.45 bits per heavy atom. The van der Waals surface area contributed by atoms with Crippen LogP contribution in [0.4, 0.5) is 0 Å². The molecule has 0 N–H and O–H groups in total. The highest BCUT2D eigenvalue weighted by atomic mass is 28.2. The van der Waals surface area contributed by atoms with E-state index in [2.05, 4.69) is 6.58 Å². The van der Waals surface area contributed by atoms with E-state index in [1.807, 2.05) is 26.0 Å². The molecule has 1 rings (SSSR count). The third kappa shape index (κ3) is 7.62. The van der Waals surface area contributed by atoms with Gasteiger partial charge in [-0.25, -0.2) is 0 Å². The molecule has 0 aliphatic heterocycles. The standard InChI is InChI=1S/C5H10OSi.C3H9N/c1-4(6-7)5-2-3-5;1-4(2)3/h5H,1-3H2,7H3;1-3H3. The SMILES string of the molecule is C=C(O[SiH3])C1CC1.CN(C)C. The first kappa shape index (κ1) is 10.7. The van der Waals surface area contributed by atoms with E-state index in [1.54, 1.807) is 0 Å². The van der Waals surface area contributed by atoms with Gasteiger partial charge in [0, 0.05) is 5.92 Å². The van der Waals surface area contributed by atoms with Crippen LogP contribution >= 0.6 is 0 Å². The van der Waals surface area contributed by atoms with E-state index in [1.165, 1.54) is 12.8 Å². The van der Waals surface area contributed by atoms with Crippen LogP contribution in [0, 0.1) is 5.92 Å². The first-order valence-electron chi connectivity index (χ1n) is 3.91. The highest BCUT2D eigenvalue weighted by Crippen LogP contribution is 2.35. The molecular weight excluding hydrogens is 154 g/mol. The highest BCUT2D eigenvalue weighted by molar-refractivity contribution is 5.98. The van der Waals surface area contributed by atoms with E-state index < -0.39 is 0 Å². The smallest absolute Gasteiger partial charge is 0.203 e. The summed E-state index contributed by atoms with van der Waals surface area (Å²) in [7, 11) is 6.81. The summed E-state index contributed by atoms with van der Waals surface area (Å²) >= 11 is 0. The minimum Gasteiger partial charge on any atom is -0.556 e. The average Bonchev–Trinajstić information content (AvgIpc) is 2.66. The average molecular weight is 173 g/mol. The summed E-state index contributed by atoms with van der Waals surface area (Å²) in [5, 5.41) is 0. The Morgan fingerprint density at radius 2 is 1.82 bits per heavy atom. The molecule has 0 spiro atoms. The molecule has 1 aliphatic rings. The van der Waals surface area contributed by atoms with E-state index in [0.29, 0.717) is 0 Å². The molecule has 1 saturated carbocycles. The van der Waals surface area contributed by atoms with Gasteiger partial charge >= 0.3 is 0 Å². The van der Waals surface area contributed by atoms with Crippen LogP contribution in [0.3, 0.4) is 0 Å². The van der Waals surface area contributed by atoms with Crippen molar-refractivity contribution in [3.63, 3.8) is 0 Å². The molecule has 0 unspecified atom stereocenters. The van der Waals surface area contributed by atoms with Gasteiger partial charge in [-0.15, -0.1) is 0 Å². The maximum Gasteiger partial charge on any atom is 0.203 e. The van der Waals surface area contributed by atoms with Crippen molar-refractivity contribution in [2.24, 2.45) is 5.92 Å². The number of allylic oxidation sites excluding steroid dienone is 1. The minimum absolute atomic E-state index is 0.734. The van der Waals surface area contributed by atoms with Crippen LogP contribution in [-0.2, 0) is 4.43 Å². The Morgan fingerprint density at radius 3 is 1.91 bits per heavy atom. The third-order valence-electron chi connectivity index (χ3n) is 1.29. The molecule has 0 amide bonds. The van der Waals surface area contributed by atoms with E-state index in [-0.39, 0.29) is 0 Å². The van der Waals surface area contributed by atoms with Crippen LogP contribution in [0.25, 0.3) is 0 Å². The van der Waals surface area contributed by atoms with Crippen LogP contribution in [0.15, 0.2) is 12.3 Å². The molecule has 11 heavy (non-hydrogen) atoms. The molecular formula is C8H19NOSi. The quantitative estimate of drug-likeness (QED) is 0.442. The lowest BCUT2D eigenvalue weighted by atomic mass is 10.4. The zero-order chi connectivity index (χ0) is 8.85. The fourth-order valence-electron chi connectivity index (χ4n) is 0.572. The van der Waals surface area contributed by atoms with Crippen molar-refractivity contribution in [2.45, 2.75) is 12.8 Å². The second-order valence-electron chi connectivity index (χ2n) is 3.29. The molecule has 1 fully saturated rings. The van der Waals surface area contributed by atoms with Crippen molar-refractivity contribution in [2.75, 3.05) is 21.1 Å². The van der Waals surface area contributed by atoms with Gasteiger partial charge in [-0.05, 0) is 34.0 Å². The molecule has 0 heterocycles. The normalized spacial score (nSPS) is 15.6. The van der Waals surface area contributed by atoms with Crippen LogP contribution in [0.5, 0.6) is 0 Å². The Bertz CT molecular complexity index is 119. The van der Waals surface area contributed by atoms with Crippen molar-refractivity contribution >= 4 is 10.5 Å². The van der Waals surface area contributed by atoms with Gasteiger partial charge in [-0.2, -0.15) is 0 Å². The van der Waals surface area contributed by atoms with E-state index in [0.717, 1.165) is 22.2 Å². The summed E-state index contributed by atoms with van der Waals surface area (Å²) < 4.78 is 5.02. The predicted octanol–water partition coefficient (Wildman–Crippen LogP) is 0.385. The fraction of sp³-hybridized carbons (Fsp3) is 0.750. The Labute approximate surface area is 72.8 Å². The minimum atomic E-state index is 0.734. The van der Waals surface area contributed by atoms with Crippen molar-refractivity contribution in [3.05, 3.63) is 12.3 Å². The molecule has 0 atom stereocenters. The Balaban J connectivity index is 0.000000218. The van der Waals surface area contributed by atoms with Gasteiger partial charge < -0.3 is 9.33 Å². The zero-order valence-electron chi connectivity index (χ0n) is 8.05. The van der Waals surface area contributed by atoms with Crippen LogP contribution in [-0.4, -0.2) is 36.5 Å². The number of nitrogens with zero attached hydrogens (tertiary/aromatic N) is 1. The highest BCUT2D eigenvalue weighted by Gasteiger charge is 2.24. The van der Waals surface area contributed by atoms with Gasteiger partial charge in [0.2, 0.25) is 10.5 Å². The summed E-state index contributed by atoms with van der Waals surface area (Å²) in [6, 6.07) is 0. The number of hydrogen-bond acceptors (Lipinski definition) is 2. The lowest BCUT2D eigenvalue weighted by Crippen LogP contribution is -1.99. The molecule has 0 aromatic carbocycles. The number of hydrogen-bond donors (Lipinski definition) is 0. The van der Waals surface area contributed by atoms with Gasteiger partial charge in [0.15, 0.2) is 0 Å². The van der Waals surface area contributed by atoms with Crippen molar-refractivity contribution < 1.29 is 4.43 Å². The molecule has 66 valence electrons. The maximum atomic E-state index is 5.02. The van der Waals surface area contributed by atoms with E-state index >= 15 is 0 Å². The molecule has 0 bridgehead atoms. The van der Waals surface area contributed by atoms with Crippen LogP contribution in [0.2, 0.25) is 0 Å². The lowest BCUT2D eigenvalue weighted by molar-refractivity contribution is 0.437. The summed E-state index contributed by atoms with van der Waals surface area (Å²) in [6.07, 6.45) is 2.61. The van der Waals surface area contributed by atoms with E-state index in [9.17, 15) is 0 Å². The summed E-state index contributed by atoms with van der Waals surface area (Å²) in [5.74, 6) is 1.75. The van der Waals surface area contributed by atoms with Gasteiger partial charge in [0.25, 0.3) is 0 Å². The Hall–Kier alpha value is -0.283. The van der Waals surface area contributed by atoms with Gasteiger partial charge in [0.05, 0.1) is 5.76 Å². The topological polar surface area (TPSA) is 12.5 Å². The summed E-state index contributed by atoms with van der Waals surface area (Å²) in [4.78, 5) is 2.00. The predicted molar refractivity (Wildman–Crippen MR) is 52.5 cm³/mol. The molecule has 0 aromatic heterocycles. The van der Waals surface area contributed by atoms with Gasteiger partial charge in [-0.1, -0.05) is 6.58 Å². The van der Waals surface area contributed by atoms with Gasteiger partial charge in [-0.3, -0.25) is 0 Å². The molecule has 0 aromatic rings. The Kier molecular flexibility index (Phi) is 5.24. The van der Waals surface area contributed by atoms with Crippen molar-refractivity contribution in [1.82, 2.24) is 4.90 Å². The molecule has 1 aliphatic carbocycles. The summed E-state index contributed by atoms with van der Waals surface area (Å²) in [6.45, 7) is 3.75. The van der Waals surface area contributed by atoms with Crippen molar-refractivity contribution in [1.29, 1.82) is 0 Å². The zero-order valence-corrected chi connectivity index (χ0v) is 10.1. The van der Waals surface area contributed by atoms with E-state index in [4.69, 9.17) is 4.43 Å². The van der Waals surface area contributed by atoms with Crippen molar-refractivity contribution in [3.8, 4) is 0 Å². The largest absolute Gasteiger partial charge is 0.556 e. The molecule has 0 radical (unpaired) electrons. The number of rotatable bonds is 2. The maximum absolute atomic E-state index is 5.02. The van der Waals surface area contributed by atoms with Gasteiger partial charge in [0.1, 0.15) is 0 Å². The molecule has 2 nitrogen and oxygen atoms in total.